The van der Waals surface area contributed by atoms with Gasteiger partial charge in [-0.05, 0) is 33.2 Å². The number of hydrogen-bond acceptors (Lipinski definition) is 3. The molecule has 0 radical (unpaired) electrons. The topological polar surface area (TPSA) is 52.3 Å². The average Bonchev–Trinajstić information content (AvgIpc) is 2.51. The lowest BCUT2D eigenvalue weighted by Gasteiger charge is -2.16. The number of nitrogens with two attached hydrogens (primary N) is 1. The van der Waals surface area contributed by atoms with Gasteiger partial charge in [-0.25, -0.2) is 0 Å². The lowest BCUT2D eigenvalue weighted by atomic mass is 9.92. The Morgan fingerprint density at radius 3 is 2.00 bits per heavy atom. The van der Waals surface area contributed by atoms with Crippen LogP contribution in [0.3, 0.4) is 0 Å². The second-order valence-corrected chi connectivity index (χ2v) is 4.73. The van der Waals surface area contributed by atoms with Gasteiger partial charge in [-0.2, -0.15) is 0 Å². The lowest BCUT2D eigenvalue weighted by Crippen LogP contribution is -2.23. The third-order valence-electron chi connectivity index (χ3n) is 3.58. The molecule has 3 heteroatoms. The number of carbonyl (C=O) groups is 1. The molecule has 3 aromatic rings. The number of ether oxygens (including phenoxy) is 1. The van der Waals surface area contributed by atoms with E-state index in [1.807, 2.05) is 48.5 Å². The lowest BCUT2D eigenvalue weighted by molar-refractivity contribution is -0.142. The average molecular weight is 265 g/mol. The van der Waals surface area contributed by atoms with E-state index in [1.54, 1.807) is 0 Å². The first-order chi connectivity index (χ1) is 9.72. The van der Waals surface area contributed by atoms with Crippen LogP contribution in [0, 0.1) is 0 Å². The van der Waals surface area contributed by atoms with Crippen LogP contribution in [0.5, 0.6) is 0 Å². The quantitative estimate of drug-likeness (QED) is 0.572. The smallest absolute Gasteiger partial charge is 0.327 e. The Labute approximate surface area is 117 Å². The minimum Gasteiger partial charge on any atom is -0.468 e. The molecule has 100 valence electrons. The van der Waals surface area contributed by atoms with E-state index < -0.39 is 12.0 Å². The van der Waals surface area contributed by atoms with Crippen molar-refractivity contribution in [3.05, 3.63) is 60.2 Å². The summed E-state index contributed by atoms with van der Waals surface area (Å²) in [5.74, 6) is -0.425. The number of carbonyl (C=O) groups excluding carboxylic acids is 1. The number of hydrogen-bond donors (Lipinski definition) is 1. The summed E-state index contributed by atoms with van der Waals surface area (Å²) in [5.41, 5.74) is 6.93. The van der Waals surface area contributed by atoms with Gasteiger partial charge < -0.3 is 10.5 Å². The number of esters is 1. The van der Waals surface area contributed by atoms with Gasteiger partial charge in [-0.15, -0.1) is 0 Å². The molecule has 0 aliphatic rings. The Morgan fingerprint density at radius 2 is 1.50 bits per heavy atom. The molecule has 0 aliphatic heterocycles. The van der Waals surface area contributed by atoms with Crippen molar-refractivity contribution in [2.75, 3.05) is 7.11 Å². The number of rotatable bonds is 2. The molecule has 0 fully saturated rings. The summed E-state index contributed by atoms with van der Waals surface area (Å²) in [6, 6.07) is 17.2. The van der Waals surface area contributed by atoms with Gasteiger partial charge in [0.05, 0.1) is 7.11 Å². The van der Waals surface area contributed by atoms with Gasteiger partial charge in [0.15, 0.2) is 0 Å². The Hall–Kier alpha value is -2.39. The van der Waals surface area contributed by atoms with E-state index >= 15 is 0 Å². The molecule has 0 saturated heterocycles. The molecule has 0 amide bonds. The molecule has 0 aliphatic carbocycles. The summed E-state index contributed by atoms with van der Waals surface area (Å²) >= 11 is 0. The van der Waals surface area contributed by atoms with Crippen LogP contribution >= 0.6 is 0 Å². The summed E-state index contributed by atoms with van der Waals surface area (Å²) in [4.78, 5) is 11.9. The number of fused-ring (bicyclic) bond motifs is 2. The highest BCUT2D eigenvalue weighted by Crippen LogP contribution is 2.32. The van der Waals surface area contributed by atoms with Crippen molar-refractivity contribution < 1.29 is 9.53 Å². The van der Waals surface area contributed by atoms with E-state index in [0.717, 1.165) is 27.1 Å². The van der Waals surface area contributed by atoms with Crippen molar-refractivity contribution in [3.8, 4) is 0 Å². The fourth-order valence-corrected chi connectivity index (χ4v) is 2.63. The molecule has 0 unspecified atom stereocenters. The standard InChI is InChI=1S/C17H15NO2/c1-20-17(19)16(18)15-13-8-4-2-6-11(13)10-12-7-3-5-9-14(12)15/h2-10,16H,18H2,1H3/t16-/m0/s1. The van der Waals surface area contributed by atoms with Crippen molar-refractivity contribution >= 4 is 27.5 Å². The third kappa shape index (κ3) is 1.92. The molecular weight excluding hydrogens is 250 g/mol. The molecule has 3 nitrogen and oxygen atoms in total. The van der Waals surface area contributed by atoms with E-state index in [2.05, 4.69) is 6.07 Å². The maximum absolute atomic E-state index is 11.9. The van der Waals surface area contributed by atoms with Crippen molar-refractivity contribution in [2.45, 2.75) is 6.04 Å². The summed E-state index contributed by atoms with van der Waals surface area (Å²) in [6.45, 7) is 0. The summed E-state index contributed by atoms with van der Waals surface area (Å²) in [6.07, 6.45) is 0. The maximum atomic E-state index is 11.9. The second kappa shape index (κ2) is 4.94. The van der Waals surface area contributed by atoms with Gasteiger partial charge in [0.2, 0.25) is 0 Å². The van der Waals surface area contributed by atoms with E-state index in [4.69, 9.17) is 10.5 Å². The Kier molecular flexibility index (Phi) is 3.12. The Bertz CT molecular complexity index is 741. The normalized spacial score (nSPS) is 12.5. The van der Waals surface area contributed by atoms with E-state index in [0.29, 0.717) is 0 Å². The minimum atomic E-state index is -0.781. The Morgan fingerprint density at radius 1 is 1.00 bits per heavy atom. The molecule has 0 saturated carbocycles. The largest absolute Gasteiger partial charge is 0.468 e. The summed E-state index contributed by atoms with van der Waals surface area (Å²) in [5, 5.41) is 4.12. The molecule has 3 aromatic carbocycles. The predicted octanol–water partition coefficient (Wildman–Crippen LogP) is 3.17. The fraction of sp³-hybridized carbons (Fsp3) is 0.118. The second-order valence-electron chi connectivity index (χ2n) is 4.73. The van der Waals surface area contributed by atoms with Gasteiger partial charge in [0, 0.05) is 0 Å². The highest BCUT2D eigenvalue weighted by atomic mass is 16.5. The van der Waals surface area contributed by atoms with Crippen LogP contribution in [0.15, 0.2) is 54.6 Å². The molecule has 0 aromatic heterocycles. The van der Waals surface area contributed by atoms with Gasteiger partial charge in [0.1, 0.15) is 6.04 Å². The first-order valence-electron chi connectivity index (χ1n) is 6.46. The van der Waals surface area contributed by atoms with Gasteiger partial charge in [-0.3, -0.25) is 4.79 Å². The van der Waals surface area contributed by atoms with Crippen molar-refractivity contribution in [1.82, 2.24) is 0 Å². The summed E-state index contributed by atoms with van der Waals surface area (Å²) in [7, 11) is 1.36. The molecule has 0 bridgehead atoms. The number of methoxy groups -OCH3 is 1. The van der Waals surface area contributed by atoms with E-state index in [9.17, 15) is 4.79 Å². The van der Waals surface area contributed by atoms with Crippen LogP contribution in [0.1, 0.15) is 11.6 Å². The third-order valence-corrected chi connectivity index (χ3v) is 3.58. The zero-order valence-corrected chi connectivity index (χ0v) is 11.2. The van der Waals surface area contributed by atoms with E-state index in [1.165, 1.54) is 7.11 Å². The molecular formula is C17H15NO2. The SMILES string of the molecule is COC(=O)[C@@H](N)c1c2ccccc2cc2ccccc12. The zero-order chi connectivity index (χ0) is 14.1. The number of benzene rings is 3. The fourth-order valence-electron chi connectivity index (χ4n) is 2.63. The molecule has 20 heavy (non-hydrogen) atoms. The van der Waals surface area contributed by atoms with Crippen molar-refractivity contribution in [2.24, 2.45) is 5.73 Å². The molecule has 3 rings (SSSR count). The van der Waals surface area contributed by atoms with Gasteiger partial charge >= 0.3 is 5.97 Å². The molecule has 0 spiro atoms. The zero-order valence-electron chi connectivity index (χ0n) is 11.2. The van der Waals surface area contributed by atoms with Crippen LogP contribution in [0.4, 0.5) is 0 Å². The minimum absolute atomic E-state index is 0.425. The van der Waals surface area contributed by atoms with Gasteiger partial charge in [-0.1, -0.05) is 48.5 Å². The van der Waals surface area contributed by atoms with Crippen LogP contribution in [0.25, 0.3) is 21.5 Å². The first kappa shape index (κ1) is 12.6. The predicted molar refractivity (Wildman–Crippen MR) is 80.4 cm³/mol. The van der Waals surface area contributed by atoms with E-state index in [-0.39, 0.29) is 0 Å². The van der Waals surface area contributed by atoms with Crippen LogP contribution < -0.4 is 5.73 Å². The first-order valence-corrected chi connectivity index (χ1v) is 6.46. The van der Waals surface area contributed by atoms with Crippen LogP contribution in [0.2, 0.25) is 0 Å². The van der Waals surface area contributed by atoms with Crippen molar-refractivity contribution in [1.29, 1.82) is 0 Å². The molecule has 0 heterocycles. The Balaban J connectivity index is 2.42. The molecule has 1 atom stereocenters. The van der Waals surface area contributed by atoms with Gasteiger partial charge in [0.25, 0.3) is 0 Å². The van der Waals surface area contributed by atoms with Crippen LogP contribution in [-0.4, -0.2) is 13.1 Å². The molecule has 2 N–H and O–H groups in total. The highest BCUT2D eigenvalue weighted by Gasteiger charge is 2.21. The van der Waals surface area contributed by atoms with Crippen molar-refractivity contribution in [3.63, 3.8) is 0 Å². The highest BCUT2D eigenvalue weighted by molar-refractivity contribution is 6.05. The monoisotopic (exact) mass is 265 g/mol. The maximum Gasteiger partial charge on any atom is 0.327 e. The summed E-state index contributed by atoms with van der Waals surface area (Å²) < 4.78 is 4.80. The van der Waals surface area contributed by atoms with Crippen LogP contribution in [-0.2, 0) is 9.53 Å².